The first-order valence-corrected chi connectivity index (χ1v) is 10.5. The fraction of sp³-hybridized carbons (Fsp3) is 0.522. The van der Waals surface area contributed by atoms with Gasteiger partial charge >= 0.3 is 0 Å². The molecule has 1 aromatic carbocycles. The lowest BCUT2D eigenvalue weighted by molar-refractivity contribution is 0.301. The van der Waals surface area contributed by atoms with Gasteiger partial charge in [-0.25, -0.2) is 4.98 Å². The van der Waals surface area contributed by atoms with Crippen molar-refractivity contribution >= 4 is 27.6 Å². The molecule has 2 aromatic heterocycles. The third-order valence-corrected chi connectivity index (χ3v) is 5.62. The molecule has 0 aliphatic carbocycles. The SMILES string of the molecule is CCCCn1c2ccccc2c2ccnc(N(C)CCCN(CC)CC)c21. The molecule has 0 unspecified atom stereocenters. The molecule has 0 aliphatic rings. The van der Waals surface area contributed by atoms with Crippen molar-refractivity contribution in [1.29, 1.82) is 0 Å². The number of aromatic nitrogens is 2. The highest BCUT2D eigenvalue weighted by molar-refractivity contribution is 6.11. The number of unbranched alkanes of at least 4 members (excludes halogenated alkanes) is 1. The van der Waals surface area contributed by atoms with E-state index in [0.717, 1.165) is 45.0 Å². The summed E-state index contributed by atoms with van der Waals surface area (Å²) in [5.41, 5.74) is 2.62. The van der Waals surface area contributed by atoms with Crippen LogP contribution in [0.1, 0.15) is 40.0 Å². The Morgan fingerprint density at radius 2 is 1.70 bits per heavy atom. The first-order chi connectivity index (χ1) is 13.2. The van der Waals surface area contributed by atoms with Gasteiger partial charge < -0.3 is 14.4 Å². The molecule has 2 heterocycles. The highest BCUT2D eigenvalue weighted by Crippen LogP contribution is 2.34. The van der Waals surface area contributed by atoms with Crippen LogP contribution in [-0.4, -0.2) is 47.7 Å². The molecule has 27 heavy (non-hydrogen) atoms. The number of para-hydroxylation sites is 1. The van der Waals surface area contributed by atoms with Crippen LogP contribution >= 0.6 is 0 Å². The Balaban J connectivity index is 1.95. The minimum Gasteiger partial charge on any atom is -0.358 e. The lowest BCUT2D eigenvalue weighted by Gasteiger charge is -2.23. The maximum Gasteiger partial charge on any atom is 0.152 e. The van der Waals surface area contributed by atoms with Crippen LogP contribution in [0.3, 0.4) is 0 Å². The largest absolute Gasteiger partial charge is 0.358 e. The van der Waals surface area contributed by atoms with E-state index in [0.29, 0.717) is 0 Å². The van der Waals surface area contributed by atoms with Gasteiger partial charge in [-0.3, -0.25) is 0 Å². The van der Waals surface area contributed by atoms with Gasteiger partial charge in [0.25, 0.3) is 0 Å². The van der Waals surface area contributed by atoms with E-state index in [1.807, 2.05) is 6.20 Å². The molecule has 0 atom stereocenters. The fourth-order valence-corrected chi connectivity index (χ4v) is 3.99. The maximum absolute atomic E-state index is 4.80. The van der Waals surface area contributed by atoms with Crippen molar-refractivity contribution in [2.24, 2.45) is 0 Å². The molecule has 0 amide bonds. The summed E-state index contributed by atoms with van der Waals surface area (Å²) in [6.07, 6.45) is 5.51. The molecule has 3 aromatic rings. The molecule has 0 bridgehead atoms. The quantitative estimate of drug-likeness (QED) is 0.495. The van der Waals surface area contributed by atoms with E-state index < -0.39 is 0 Å². The standard InChI is InChI=1S/C23H34N4/c1-5-8-18-27-21-13-10-9-12-19(21)20-14-15-24-23(22(20)27)25(4)16-11-17-26(6-2)7-3/h9-10,12-15H,5-8,11,16-18H2,1-4H3. The van der Waals surface area contributed by atoms with E-state index in [1.54, 1.807) is 0 Å². The van der Waals surface area contributed by atoms with E-state index in [9.17, 15) is 0 Å². The summed E-state index contributed by atoms with van der Waals surface area (Å²) in [6, 6.07) is 10.9. The highest BCUT2D eigenvalue weighted by atomic mass is 15.2. The number of rotatable bonds is 10. The zero-order chi connectivity index (χ0) is 19.2. The molecule has 0 radical (unpaired) electrons. The average Bonchev–Trinajstić information content (AvgIpc) is 3.03. The number of hydrogen-bond donors (Lipinski definition) is 0. The normalized spacial score (nSPS) is 11.7. The van der Waals surface area contributed by atoms with Crippen molar-refractivity contribution in [2.75, 3.05) is 38.1 Å². The summed E-state index contributed by atoms with van der Waals surface area (Å²) >= 11 is 0. The molecule has 4 heteroatoms. The van der Waals surface area contributed by atoms with Gasteiger partial charge in [-0.05, 0) is 44.6 Å². The Morgan fingerprint density at radius 3 is 2.44 bits per heavy atom. The van der Waals surface area contributed by atoms with E-state index in [2.05, 4.69) is 72.5 Å². The number of benzene rings is 1. The number of nitrogens with zero attached hydrogens (tertiary/aromatic N) is 4. The van der Waals surface area contributed by atoms with Gasteiger partial charge in [0.1, 0.15) is 0 Å². The van der Waals surface area contributed by atoms with Crippen LogP contribution in [0, 0.1) is 0 Å². The summed E-state index contributed by atoms with van der Waals surface area (Å²) in [5.74, 6) is 1.11. The van der Waals surface area contributed by atoms with Gasteiger partial charge in [0.15, 0.2) is 5.82 Å². The number of anilines is 1. The van der Waals surface area contributed by atoms with E-state index in [1.165, 1.54) is 34.6 Å². The van der Waals surface area contributed by atoms with E-state index >= 15 is 0 Å². The average molecular weight is 367 g/mol. The number of pyridine rings is 1. The maximum atomic E-state index is 4.80. The summed E-state index contributed by atoms with van der Waals surface area (Å²) in [7, 11) is 2.19. The van der Waals surface area contributed by atoms with Crippen molar-refractivity contribution in [3.05, 3.63) is 36.5 Å². The summed E-state index contributed by atoms with van der Waals surface area (Å²) < 4.78 is 2.48. The Labute approximate surface area is 163 Å². The lowest BCUT2D eigenvalue weighted by atomic mass is 10.2. The van der Waals surface area contributed by atoms with Crippen molar-refractivity contribution in [2.45, 2.75) is 46.6 Å². The van der Waals surface area contributed by atoms with E-state index in [4.69, 9.17) is 4.98 Å². The van der Waals surface area contributed by atoms with Crippen LogP contribution in [0.2, 0.25) is 0 Å². The lowest BCUT2D eigenvalue weighted by Crippen LogP contribution is -2.28. The van der Waals surface area contributed by atoms with Crippen LogP contribution in [0.4, 0.5) is 5.82 Å². The molecule has 146 valence electrons. The molecular formula is C23H34N4. The molecular weight excluding hydrogens is 332 g/mol. The zero-order valence-electron chi connectivity index (χ0n) is 17.4. The topological polar surface area (TPSA) is 24.3 Å². The first kappa shape index (κ1) is 19.7. The van der Waals surface area contributed by atoms with Gasteiger partial charge in [-0.15, -0.1) is 0 Å². The molecule has 0 saturated carbocycles. The minimum atomic E-state index is 1.03. The van der Waals surface area contributed by atoms with Crippen molar-refractivity contribution in [3.8, 4) is 0 Å². The number of hydrogen-bond acceptors (Lipinski definition) is 3. The van der Waals surface area contributed by atoms with Gasteiger partial charge in [-0.2, -0.15) is 0 Å². The predicted octanol–water partition coefficient (Wildman–Crippen LogP) is 5.16. The molecule has 0 saturated heterocycles. The second-order valence-electron chi connectivity index (χ2n) is 7.36. The second kappa shape index (κ2) is 9.23. The Hall–Kier alpha value is -2.07. The van der Waals surface area contributed by atoms with Crippen LogP contribution in [0.15, 0.2) is 36.5 Å². The van der Waals surface area contributed by atoms with Crippen molar-refractivity contribution in [1.82, 2.24) is 14.5 Å². The summed E-state index contributed by atoms with van der Waals surface area (Å²) in [4.78, 5) is 9.63. The monoisotopic (exact) mass is 366 g/mol. The molecule has 4 nitrogen and oxygen atoms in total. The van der Waals surface area contributed by atoms with E-state index in [-0.39, 0.29) is 0 Å². The van der Waals surface area contributed by atoms with Gasteiger partial charge in [0.2, 0.25) is 0 Å². The Morgan fingerprint density at radius 1 is 0.926 bits per heavy atom. The zero-order valence-corrected chi connectivity index (χ0v) is 17.4. The predicted molar refractivity (Wildman–Crippen MR) is 118 cm³/mol. The first-order valence-electron chi connectivity index (χ1n) is 10.5. The third kappa shape index (κ3) is 4.11. The summed E-state index contributed by atoms with van der Waals surface area (Å²) in [5, 5.41) is 2.66. The number of aryl methyl sites for hydroxylation is 1. The van der Waals surface area contributed by atoms with Gasteiger partial charge in [0, 0.05) is 42.6 Å². The summed E-state index contributed by atoms with van der Waals surface area (Å²) in [6.45, 7) is 12.2. The second-order valence-corrected chi connectivity index (χ2v) is 7.36. The van der Waals surface area contributed by atoms with Crippen LogP contribution in [0.5, 0.6) is 0 Å². The van der Waals surface area contributed by atoms with Crippen LogP contribution in [0.25, 0.3) is 21.8 Å². The molecule has 0 spiro atoms. The van der Waals surface area contributed by atoms with Crippen LogP contribution < -0.4 is 4.90 Å². The van der Waals surface area contributed by atoms with Gasteiger partial charge in [0.05, 0.1) is 5.52 Å². The fourth-order valence-electron chi connectivity index (χ4n) is 3.99. The molecule has 0 N–H and O–H groups in total. The molecule has 3 rings (SSSR count). The number of fused-ring (bicyclic) bond motifs is 3. The molecule has 0 aliphatic heterocycles. The minimum absolute atomic E-state index is 1.03. The third-order valence-electron chi connectivity index (χ3n) is 5.62. The Kier molecular flexibility index (Phi) is 6.73. The highest BCUT2D eigenvalue weighted by Gasteiger charge is 2.16. The molecule has 0 fully saturated rings. The van der Waals surface area contributed by atoms with Crippen molar-refractivity contribution in [3.63, 3.8) is 0 Å². The van der Waals surface area contributed by atoms with Crippen molar-refractivity contribution < 1.29 is 0 Å². The van der Waals surface area contributed by atoms with Gasteiger partial charge in [-0.1, -0.05) is 45.4 Å². The smallest absolute Gasteiger partial charge is 0.152 e. The Bertz CT molecular complexity index is 863. The van der Waals surface area contributed by atoms with Crippen LogP contribution in [-0.2, 0) is 6.54 Å².